The molecule has 1 heterocycles. The summed E-state index contributed by atoms with van der Waals surface area (Å²) in [5, 5.41) is 1.75. The van der Waals surface area contributed by atoms with Gasteiger partial charge in [-0.25, -0.2) is 0 Å². The number of likely N-dealkylation sites (tertiary alicyclic amines) is 1. The molecular formula is C10H14F6N2O. The molecule has 0 radical (unpaired) electrons. The van der Waals surface area contributed by atoms with Crippen molar-refractivity contribution < 1.29 is 31.1 Å². The highest BCUT2D eigenvalue weighted by molar-refractivity contribution is 5.78. The van der Waals surface area contributed by atoms with Crippen LogP contribution in [0.4, 0.5) is 26.3 Å². The molecule has 0 aromatic rings. The van der Waals surface area contributed by atoms with E-state index in [0.29, 0.717) is 0 Å². The van der Waals surface area contributed by atoms with E-state index in [0.717, 1.165) is 4.90 Å². The average molecular weight is 292 g/mol. The highest BCUT2D eigenvalue weighted by atomic mass is 19.4. The van der Waals surface area contributed by atoms with Gasteiger partial charge in [-0.05, 0) is 25.9 Å². The monoisotopic (exact) mass is 292 g/mol. The number of alkyl halides is 6. The Morgan fingerprint density at radius 3 is 2.00 bits per heavy atom. The molecule has 0 aromatic heterocycles. The normalized spacial score (nSPS) is 19.5. The van der Waals surface area contributed by atoms with E-state index in [2.05, 4.69) is 0 Å². The number of rotatable bonds is 3. The number of piperidine rings is 1. The molecule has 1 rings (SSSR count). The molecule has 9 heteroatoms. The maximum absolute atomic E-state index is 12.1. The van der Waals surface area contributed by atoms with Crippen molar-refractivity contribution in [1.82, 2.24) is 10.2 Å². The van der Waals surface area contributed by atoms with Crippen molar-refractivity contribution in [1.29, 1.82) is 0 Å². The van der Waals surface area contributed by atoms with E-state index < -0.39 is 37.3 Å². The molecule has 1 fully saturated rings. The van der Waals surface area contributed by atoms with Gasteiger partial charge in [-0.3, -0.25) is 9.69 Å². The summed E-state index contributed by atoms with van der Waals surface area (Å²) >= 11 is 0. The topological polar surface area (TPSA) is 32.3 Å². The predicted octanol–water partition coefficient (Wildman–Crippen LogP) is 1.94. The number of amides is 1. The van der Waals surface area contributed by atoms with Gasteiger partial charge in [0.1, 0.15) is 6.54 Å². The van der Waals surface area contributed by atoms with E-state index in [4.69, 9.17) is 0 Å². The molecule has 3 nitrogen and oxygen atoms in total. The number of nitrogens with zero attached hydrogens (tertiary/aromatic N) is 1. The first-order valence-electron chi connectivity index (χ1n) is 5.70. The molecule has 112 valence electrons. The van der Waals surface area contributed by atoms with Gasteiger partial charge in [0.15, 0.2) is 0 Å². The third-order valence-electron chi connectivity index (χ3n) is 2.82. The van der Waals surface area contributed by atoms with Gasteiger partial charge in [0.25, 0.3) is 0 Å². The summed E-state index contributed by atoms with van der Waals surface area (Å²) in [5.74, 6) is -1.39. The van der Waals surface area contributed by atoms with Crippen LogP contribution in [0.1, 0.15) is 12.8 Å². The third kappa shape index (κ3) is 6.65. The highest BCUT2D eigenvalue weighted by Crippen LogP contribution is 2.23. The van der Waals surface area contributed by atoms with Crippen molar-refractivity contribution in [2.24, 2.45) is 5.92 Å². The van der Waals surface area contributed by atoms with Crippen molar-refractivity contribution in [2.75, 3.05) is 26.2 Å². The smallest absolute Gasteiger partial charge is 0.347 e. The molecule has 1 aliphatic heterocycles. The maximum Gasteiger partial charge on any atom is 0.405 e. The molecule has 1 aliphatic rings. The Hall–Kier alpha value is -0.990. The van der Waals surface area contributed by atoms with Gasteiger partial charge in [0, 0.05) is 5.92 Å². The summed E-state index contributed by atoms with van der Waals surface area (Å²) in [6.07, 6.45) is -8.50. The molecule has 0 atom stereocenters. The number of nitrogens with one attached hydrogen (secondary N) is 1. The lowest BCUT2D eigenvalue weighted by Crippen LogP contribution is -2.45. The zero-order valence-electron chi connectivity index (χ0n) is 9.94. The second-order valence-corrected chi connectivity index (χ2v) is 4.50. The zero-order valence-corrected chi connectivity index (χ0v) is 9.94. The van der Waals surface area contributed by atoms with Gasteiger partial charge < -0.3 is 5.32 Å². The molecule has 0 aromatic carbocycles. The first kappa shape index (κ1) is 16.1. The largest absolute Gasteiger partial charge is 0.405 e. The number of halogens is 6. The summed E-state index contributed by atoms with van der Waals surface area (Å²) < 4.78 is 72.0. The Labute approximate surface area is 105 Å². The maximum atomic E-state index is 12.1. The Morgan fingerprint density at radius 2 is 1.58 bits per heavy atom. The van der Waals surface area contributed by atoms with E-state index >= 15 is 0 Å². The summed E-state index contributed by atoms with van der Waals surface area (Å²) in [5.41, 5.74) is 0. The fraction of sp³-hybridized carbons (Fsp3) is 0.900. The van der Waals surface area contributed by atoms with E-state index in [-0.39, 0.29) is 25.9 Å². The molecule has 1 N–H and O–H groups in total. The second kappa shape index (κ2) is 5.98. The first-order valence-corrected chi connectivity index (χ1v) is 5.70. The third-order valence-corrected chi connectivity index (χ3v) is 2.82. The quantitative estimate of drug-likeness (QED) is 0.806. The van der Waals surface area contributed by atoms with Crippen molar-refractivity contribution in [3.05, 3.63) is 0 Å². The molecule has 0 saturated carbocycles. The minimum Gasteiger partial charge on any atom is -0.347 e. The Morgan fingerprint density at radius 1 is 1.05 bits per heavy atom. The van der Waals surface area contributed by atoms with E-state index in [1.807, 2.05) is 0 Å². The van der Waals surface area contributed by atoms with Crippen LogP contribution >= 0.6 is 0 Å². The van der Waals surface area contributed by atoms with Crippen LogP contribution in [0.5, 0.6) is 0 Å². The van der Waals surface area contributed by atoms with Gasteiger partial charge in [-0.1, -0.05) is 0 Å². The SMILES string of the molecule is O=C(NCC(F)(F)F)C1CCN(CC(F)(F)F)CC1. The molecule has 0 unspecified atom stereocenters. The minimum absolute atomic E-state index is 0.0591. The Bertz CT molecular complexity index is 306. The molecule has 1 saturated heterocycles. The molecule has 19 heavy (non-hydrogen) atoms. The van der Waals surface area contributed by atoms with Gasteiger partial charge in [-0.2, -0.15) is 26.3 Å². The lowest BCUT2D eigenvalue weighted by molar-refractivity contribution is -0.151. The van der Waals surface area contributed by atoms with E-state index in [1.165, 1.54) is 0 Å². The number of hydrogen-bond acceptors (Lipinski definition) is 2. The van der Waals surface area contributed by atoms with Crippen LogP contribution in [0, 0.1) is 5.92 Å². The molecule has 1 amide bonds. The van der Waals surface area contributed by atoms with Crippen LogP contribution < -0.4 is 5.32 Å². The van der Waals surface area contributed by atoms with Crippen molar-refractivity contribution in [3.8, 4) is 0 Å². The van der Waals surface area contributed by atoms with Gasteiger partial charge in [0.2, 0.25) is 5.91 Å². The van der Waals surface area contributed by atoms with Crippen LogP contribution in [0.3, 0.4) is 0 Å². The Balaban J connectivity index is 2.31. The summed E-state index contributed by atoms with van der Waals surface area (Å²) in [6.45, 7) is -2.34. The van der Waals surface area contributed by atoms with E-state index in [9.17, 15) is 31.1 Å². The van der Waals surface area contributed by atoms with Crippen LogP contribution in [0.15, 0.2) is 0 Å². The lowest BCUT2D eigenvalue weighted by atomic mass is 9.96. The Kier molecular flexibility index (Phi) is 5.05. The fourth-order valence-electron chi connectivity index (χ4n) is 1.94. The van der Waals surface area contributed by atoms with Crippen molar-refractivity contribution in [3.63, 3.8) is 0 Å². The zero-order chi connectivity index (χ0) is 14.7. The molecule has 0 spiro atoms. The average Bonchev–Trinajstić information content (AvgIpc) is 2.23. The van der Waals surface area contributed by atoms with Gasteiger partial charge in [-0.15, -0.1) is 0 Å². The molecule has 0 aliphatic carbocycles. The standard InChI is InChI=1S/C10H14F6N2O/c11-9(12,13)5-17-8(19)7-1-3-18(4-2-7)6-10(14,15)16/h7H,1-6H2,(H,17,19). The summed E-state index contributed by atoms with van der Waals surface area (Å²) in [6, 6.07) is 0. The van der Waals surface area contributed by atoms with Crippen LogP contribution in [0.25, 0.3) is 0 Å². The molecule has 0 bridgehead atoms. The fourth-order valence-corrected chi connectivity index (χ4v) is 1.94. The molecular weight excluding hydrogens is 278 g/mol. The first-order chi connectivity index (χ1) is 8.57. The number of carbonyl (C=O) groups excluding carboxylic acids is 1. The van der Waals surface area contributed by atoms with Crippen LogP contribution in [0.2, 0.25) is 0 Å². The van der Waals surface area contributed by atoms with E-state index in [1.54, 1.807) is 5.32 Å². The van der Waals surface area contributed by atoms with Crippen LogP contribution in [-0.2, 0) is 4.79 Å². The van der Waals surface area contributed by atoms with Crippen LogP contribution in [-0.4, -0.2) is 49.3 Å². The van der Waals surface area contributed by atoms with Crippen molar-refractivity contribution >= 4 is 5.91 Å². The predicted molar refractivity (Wildman–Crippen MR) is 54.3 cm³/mol. The highest BCUT2D eigenvalue weighted by Gasteiger charge is 2.35. The van der Waals surface area contributed by atoms with Gasteiger partial charge >= 0.3 is 12.4 Å². The minimum atomic E-state index is -4.48. The second-order valence-electron chi connectivity index (χ2n) is 4.50. The summed E-state index contributed by atoms with van der Waals surface area (Å²) in [7, 11) is 0. The van der Waals surface area contributed by atoms with Gasteiger partial charge in [0.05, 0.1) is 6.54 Å². The van der Waals surface area contributed by atoms with Crippen molar-refractivity contribution in [2.45, 2.75) is 25.2 Å². The lowest BCUT2D eigenvalue weighted by Gasteiger charge is -2.31. The summed E-state index contributed by atoms with van der Waals surface area (Å²) in [4.78, 5) is 12.5. The number of carbonyl (C=O) groups is 1. The number of hydrogen-bond donors (Lipinski definition) is 1.